The number of benzene rings is 2. The summed E-state index contributed by atoms with van der Waals surface area (Å²) in [7, 11) is -4.99. The van der Waals surface area contributed by atoms with Crippen LogP contribution in [-0.2, 0) is 46.9 Å². The first-order valence-electron chi connectivity index (χ1n) is 19.6. The van der Waals surface area contributed by atoms with Crippen molar-refractivity contribution >= 4 is 24.2 Å². The van der Waals surface area contributed by atoms with Crippen molar-refractivity contribution in [1.29, 1.82) is 0 Å². The Balaban J connectivity index is 0.947. The average Bonchev–Trinajstić information content (AvgIpc) is 3.49. The third-order valence-electron chi connectivity index (χ3n) is 10.1. The van der Waals surface area contributed by atoms with Gasteiger partial charge in [-0.3, -0.25) is 0 Å². The maximum absolute atomic E-state index is 13.9. The summed E-state index contributed by atoms with van der Waals surface area (Å²) in [6, 6.07) is 14.0. The van der Waals surface area contributed by atoms with Crippen LogP contribution in [-0.4, -0.2) is 89.9 Å². The fourth-order valence-electron chi connectivity index (χ4n) is 6.90. The molecular formula is C40H62N2O9SSi. The van der Waals surface area contributed by atoms with E-state index in [4.69, 9.17) is 28.4 Å². The number of carbonyl (C=O) groups is 1. The molecule has 0 aromatic heterocycles. The Morgan fingerprint density at radius 3 is 2.47 bits per heavy atom. The number of rotatable bonds is 21. The van der Waals surface area contributed by atoms with Crippen LogP contribution in [0.15, 0.2) is 47.4 Å². The van der Waals surface area contributed by atoms with Gasteiger partial charge < -0.3 is 33.3 Å². The third kappa shape index (κ3) is 12.8. The van der Waals surface area contributed by atoms with E-state index >= 15 is 0 Å². The first-order valence-corrected chi connectivity index (χ1v) is 24.7. The minimum atomic E-state index is -3.71. The smallest absolute Gasteiger partial charge is 0.410 e. The van der Waals surface area contributed by atoms with E-state index in [9.17, 15) is 13.2 Å². The van der Waals surface area contributed by atoms with Crippen molar-refractivity contribution in [3.8, 4) is 5.75 Å². The number of carbonyl (C=O) groups excluding carboxylic acids is 1. The van der Waals surface area contributed by atoms with E-state index in [1.54, 1.807) is 27.4 Å². The summed E-state index contributed by atoms with van der Waals surface area (Å²) in [4.78, 5) is 14.6. The van der Waals surface area contributed by atoms with Gasteiger partial charge in [-0.1, -0.05) is 69.9 Å². The Hall–Kier alpha value is -2.52. The number of unbranched alkanes of at least 4 members (excludes halogenated alkanes) is 3. The number of sulfonamides is 1. The lowest BCUT2D eigenvalue weighted by molar-refractivity contribution is -0.180. The van der Waals surface area contributed by atoms with Crippen LogP contribution in [0, 0.1) is 0 Å². The van der Waals surface area contributed by atoms with Crippen LogP contribution < -0.4 is 4.74 Å². The molecule has 1 saturated heterocycles. The summed E-state index contributed by atoms with van der Waals surface area (Å²) >= 11 is 0. The molecule has 296 valence electrons. The highest BCUT2D eigenvalue weighted by Crippen LogP contribution is 2.35. The van der Waals surface area contributed by atoms with E-state index in [0.717, 1.165) is 86.3 Å². The molecular weight excluding hydrogens is 713 g/mol. The maximum Gasteiger partial charge on any atom is 0.410 e. The van der Waals surface area contributed by atoms with E-state index in [-0.39, 0.29) is 25.0 Å². The molecule has 1 unspecified atom stereocenters. The Morgan fingerprint density at radius 2 is 1.68 bits per heavy atom. The number of hydrogen-bond donors (Lipinski definition) is 0. The van der Waals surface area contributed by atoms with Gasteiger partial charge in [0.15, 0.2) is 0 Å². The Bertz CT molecular complexity index is 1580. The summed E-state index contributed by atoms with van der Waals surface area (Å²) in [6.07, 6.45) is 8.28. The molecule has 53 heavy (non-hydrogen) atoms. The predicted molar refractivity (Wildman–Crippen MR) is 207 cm³/mol. The second kappa shape index (κ2) is 19.4. The molecule has 13 heteroatoms. The zero-order chi connectivity index (χ0) is 37.9. The second-order valence-corrected chi connectivity index (χ2v) is 23.7. The summed E-state index contributed by atoms with van der Waals surface area (Å²) in [5.41, 5.74) is 2.74. The largest absolute Gasteiger partial charge is 0.463 e. The van der Waals surface area contributed by atoms with Crippen LogP contribution in [0.4, 0.5) is 4.79 Å². The standard InChI is InChI=1S/C40H62N2O9SSi/c1-40(2)49-30-34-27-33(18-19-37(34)51-40)38-28-41(39(43)50-38)20-11-6-7-12-21-46-22-23-47-29-32-14-13-17-36(26-32)52(44,45)42(35-15-9-8-10-16-35)31-48-24-25-53(3,4)5/h13-14,17-19,26-27,35,38H,6-12,15-16,20-25,28-31H2,1-5H3. The van der Waals surface area contributed by atoms with Gasteiger partial charge in [0, 0.05) is 53.3 Å². The summed E-state index contributed by atoms with van der Waals surface area (Å²) in [5.74, 6) is 0.167. The molecule has 1 atom stereocenters. The highest BCUT2D eigenvalue weighted by molar-refractivity contribution is 7.89. The van der Waals surface area contributed by atoms with Crippen LogP contribution >= 0.6 is 0 Å². The van der Waals surface area contributed by atoms with Gasteiger partial charge in [0.2, 0.25) is 15.8 Å². The van der Waals surface area contributed by atoms with Gasteiger partial charge in [0.05, 0.1) is 37.9 Å². The van der Waals surface area contributed by atoms with E-state index in [2.05, 4.69) is 19.6 Å². The number of amides is 1. The van der Waals surface area contributed by atoms with Gasteiger partial charge in [0.25, 0.3) is 0 Å². The normalized spacial score (nSPS) is 19.3. The number of cyclic esters (lactones) is 1. The molecule has 1 saturated carbocycles. The summed E-state index contributed by atoms with van der Waals surface area (Å²) in [6.45, 7) is 14.9. The number of hydrogen-bond acceptors (Lipinski definition) is 9. The summed E-state index contributed by atoms with van der Waals surface area (Å²) < 4.78 is 64.3. The monoisotopic (exact) mass is 774 g/mol. The molecule has 2 aromatic carbocycles. The van der Waals surface area contributed by atoms with Crippen molar-refractivity contribution in [2.45, 2.75) is 133 Å². The lowest BCUT2D eigenvalue weighted by Gasteiger charge is -2.33. The van der Waals surface area contributed by atoms with Crippen LogP contribution in [0.3, 0.4) is 0 Å². The lowest BCUT2D eigenvalue weighted by Crippen LogP contribution is -2.43. The molecule has 0 radical (unpaired) electrons. The van der Waals surface area contributed by atoms with Crippen molar-refractivity contribution in [3.05, 3.63) is 59.2 Å². The van der Waals surface area contributed by atoms with Gasteiger partial charge in [-0.25, -0.2) is 13.2 Å². The fourth-order valence-corrected chi connectivity index (χ4v) is 9.29. The van der Waals surface area contributed by atoms with Crippen LogP contribution in [0.5, 0.6) is 5.75 Å². The lowest BCUT2D eigenvalue weighted by atomic mass is 9.96. The molecule has 11 nitrogen and oxygen atoms in total. The molecule has 2 aliphatic heterocycles. The zero-order valence-corrected chi connectivity index (χ0v) is 34.4. The van der Waals surface area contributed by atoms with Gasteiger partial charge in [-0.05, 0) is 67.1 Å². The molecule has 2 aromatic rings. The first-order chi connectivity index (χ1) is 25.3. The topological polar surface area (TPSA) is 113 Å². The molecule has 2 fully saturated rings. The Kier molecular flexibility index (Phi) is 15.2. The first kappa shape index (κ1) is 41.6. The van der Waals surface area contributed by atoms with E-state index in [1.165, 1.54) is 0 Å². The van der Waals surface area contributed by atoms with Gasteiger partial charge in [0.1, 0.15) is 18.6 Å². The molecule has 3 aliphatic rings. The molecule has 0 spiro atoms. The second-order valence-electron chi connectivity index (χ2n) is 16.2. The average molecular weight is 775 g/mol. The molecule has 5 rings (SSSR count). The van der Waals surface area contributed by atoms with Crippen molar-refractivity contribution in [3.63, 3.8) is 0 Å². The molecule has 0 N–H and O–H groups in total. The Morgan fingerprint density at radius 1 is 0.906 bits per heavy atom. The maximum atomic E-state index is 13.9. The molecule has 0 bridgehead atoms. The van der Waals surface area contributed by atoms with Gasteiger partial charge in [-0.2, -0.15) is 4.31 Å². The van der Waals surface area contributed by atoms with Crippen molar-refractivity contribution < 1.29 is 41.6 Å². The van der Waals surface area contributed by atoms with E-state index in [1.807, 2.05) is 38.1 Å². The van der Waals surface area contributed by atoms with Crippen molar-refractivity contribution in [2.75, 3.05) is 46.2 Å². The minimum Gasteiger partial charge on any atom is -0.463 e. The number of nitrogens with zero attached hydrogens (tertiary/aromatic N) is 2. The molecule has 1 aliphatic carbocycles. The van der Waals surface area contributed by atoms with Gasteiger partial charge in [-0.15, -0.1) is 0 Å². The van der Waals surface area contributed by atoms with E-state index in [0.29, 0.717) is 57.6 Å². The predicted octanol–water partition coefficient (Wildman–Crippen LogP) is 8.25. The highest BCUT2D eigenvalue weighted by Gasteiger charge is 2.35. The minimum absolute atomic E-state index is 0.0269. The van der Waals surface area contributed by atoms with Crippen molar-refractivity contribution in [2.24, 2.45) is 0 Å². The SMILES string of the molecule is CC1(C)OCc2cc(C3CN(CCCCCCOCCOCc4cccc(S(=O)(=O)N(COCC[Si](C)(C)C)C5CCCCC5)c4)C(=O)O3)ccc2O1. The quantitative estimate of drug-likeness (QED) is 0.0703. The van der Waals surface area contributed by atoms with E-state index < -0.39 is 23.9 Å². The number of fused-ring (bicyclic) bond motifs is 1. The zero-order valence-electron chi connectivity index (χ0n) is 32.6. The van der Waals surface area contributed by atoms with Crippen molar-refractivity contribution in [1.82, 2.24) is 9.21 Å². The van der Waals surface area contributed by atoms with Crippen LogP contribution in [0.25, 0.3) is 0 Å². The summed E-state index contributed by atoms with van der Waals surface area (Å²) in [5, 5.41) is 0. The Labute approximate surface area is 318 Å². The number of ether oxygens (including phenoxy) is 6. The van der Waals surface area contributed by atoms with Crippen LogP contribution in [0.2, 0.25) is 25.7 Å². The molecule has 1 amide bonds. The fraction of sp³-hybridized carbons (Fsp3) is 0.675. The highest BCUT2D eigenvalue weighted by atomic mass is 32.2. The van der Waals surface area contributed by atoms with Crippen LogP contribution in [0.1, 0.15) is 94.4 Å². The molecule has 2 heterocycles. The van der Waals surface area contributed by atoms with Gasteiger partial charge >= 0.3 is 6.09 Å². The third-order valence-corrected chi connectivity index (χ3v) is 13.7.